The second-order valence-electron chi connectivity index (χ2n) is 4.14. The molecule has 0 unspecified atom stereocenters. The molecule has 2 rings (SSSR count). The third-order valence-corrected chi connectivity index (χ3v) is 3.11. The highest BCUT2D eigenvalue weighted by atomic mass is 35.5. The number of benzene rings is 1. The summed E-state index contributed by atoms with van der Waals surface area (Å²) in [5.74, 6) is -0.323. The number of halogens is 2. The molecule has 0 saturated carbocycles. The molecule has 0 bridgehead atoms. The summed E-state index contributed by atoms with van der Waals surface area (Å²) in [6, 6.07) is 8.70. The van der Waals surface area contributed by atoms with Crippen molar-refractivity contribution in [3.8, 4) is 0 Å². The first-order valence-corrected chi connectivity index (χ1v) is 6.42. The maximum absolute atomic E-state index is 13.6. The van der Waals surface area contributed by atoms with Gasteiger partial charge < -0.3 is 9.88 Å². The molecule has 1 aromatic heterocycles. The summed E-state index contributed by atoms with van der Waals surface area (Å²) < 4.78 is 15.7. The number of rotatable bonds is 5. The van der Waals surface area contributed by atoms with Crippen LogP contribution in [0.5, 0.6) is 0 Å². The summed E-state index contributed by atoms with van der Waals surface area (Å²) in [4.78, 5) is 0. The van der Waals surface area contributed by atoms with Gasteiger partial charge >= 0.3 is 0 Å². The Hall–Kier alpha value is -1.48. The molecule has 0 atom stereocenters. The van der Waals surface area contributed by atoms with E-state index in [0.29, 0.717) is 17.3 Å². The van der Waals surface area contributed by atoms with Gasteiger partial charge in [-0.15, -0.1) is 0 Å². The van der Waals surface area contributed by atoms with Gasteiger partial charge in [0.1, 0.15) is 5.82 Å². The van der Waals surface area contributed by atoms with Gasteiger partial charge in [-0.3, -0.25) is 0 Å². The van der Waals surface area contributed by atoms with Gasteiger partial charge in [-0.2, -0.15) is 0 Å². The van der Waals surface area contributed by atoms with Crippen molar-refractivity contribution < 1.29 is 4.39 Å². The van der Waals surface area contributed by atoms with Crippen LogP contribution in [-0.2, 0) is 13.1 Å². The van der Waals surface area contributed by atoms with Crippen LogP contribution in [0.4, 0.5) is 10.1 Å². The first-order chi connectivity index (χ1) is 8.72. The first-order valence-electron chi connectivity index (χ1n) is 6.04. The Morgan fingerprint density at radius 1 is 1.28 bits per heavy atom. The fourth-order valence-corrected chi connectivity index (χ4v) is 2.14. The van der Waals surface area contributed by atoms with Gasteiger partial charge in [-0.05, 0) is 30.7 Å². The molecule has 0 amide bonds. The van der Waals surface area contributed by atoms with Gasteiger partial charge in [0.05, 0.1) is 17.3 Å². The highest BCUT2D eigenvalue weighted by Crippen LogP contribution is 2.25. The zero-order valence-corrected chi connectivity index (χ0v) is 11.0. The lowest BCUT2D eigenvalue weighted by atomic mass is 10.3. The zero-order valence-electron chi connectivity index (χ0n) is 10.3. The Morgan fingerprint density at radius 2 is 2.11 bits per heavy atom. The Bertz CT molecular complexity index is 502. The lowest BCUT2D eigenvalue weighted by Gasteiger charge is -2.11. The van der Waals surface area contributed by atoms with E-state index in [4.69, 9.17) is 11.6 Å². The molecular weight excluding hydrogens is 251 g/mol. The van der Waals surface area contributed by atoms with Crippen LogP contribution in [0.2, 0.25) is 5.02 Å². The number of para-hydroxylation sites is 1. The molecule has 0 radical (unpaired) electrons. The largest absolute Gasteiger partial charge is 0.376 e. The molecule has 1 N–H and O–H groups in total. The van der Waals surface area contributed by atoms with Crippen LogP contribution in [0.1, 0.15) is 19.0 Å². The van der Waals surface area contributed by atoms with Gasteiger partial charge in [0.25, 0.3) is 0 Å². The van der Waals surface area contributed by atoms with Crippen molar-refractivity contribution in [2.24, 2.45) is 0 Å². The molecular formula is C14H16ClFN2. The van der Waals surface area contributed by atoms with Crippen LogP contribution in [0.3, 0.4) is 0 Å². The minimum Gasteiger partial charge on any atom is -0.376 e. The van der Waals surface area contributed by atoms with Crippen molar-refractivity contribution in [3.05, 3.63) is 53.1 Å². The van der Waals surface area contributed by atoms with E-state index >= 15 is 0 Å². The molecule has 0 saturated heterocycles. The average molecular weight is 267 g/mol. The molecule has 18 heavy (non-hydrogen) atoms. The molecule has 1 aromatic carbocycles. The van der Waals surface area contributed by atoms with Gasteiger partial charge in [0.15, 0.2) is 0 Å². The van der Waals surface area contributed by atoms with Crippen LogP contribution in [0.15, 0.2) is 36.5 Å². The summed E-state index contributed by atoms with van der Waals surface area (Å²) in [7, 11) is 0. The van der Waals surface area contributed by atoms with Gasteiger partial charge in [0, 0.05) is 18.4 Å². The summed E-state index contributed by atoms with van der Waals surface area (Å²) in [6.45, 7) is 3.66. The molecule has 1 heterocycles. The molecule has 4 heteroatoms. The third-order valence-electron chi connectivity index (χ3n) is 2.80. The number of aryl methyl sites for hydroxylation is 1. The van der Waals surface area contributed by atoms with Crippen molar-refractivity contribution in [1.82, 2.24) is 4.57 Å². The van der Waals surface area contributed by atoms with E-state index < -0.39 is 0 Å². The number of nitrogens with one attached hydrogen (secondary N) is 1. The molecule has 2 nitrogen and oxygen atoms in total. The van der Waals surface area contributed by atoms with E-state index in [-0.39, 0.29) is 5.82 Å². The molecule has 2 aromatic rings. The fourth-order valence-electron chi connectivity index (χ4n) is 1.91. The highest BCUT2D eigenvalue weighted by Gasteiger charge is 2.07. The van der Waals surface area contributed by atoms with Gasteiger partial charge in [0.2, 0.25) is 0 Å². The minimum atomic E-state index is -0.323. The Kier molecular flexibility index (Phi) is 4.26. The number of aromatic nitrogens is 1. The summed E-state index contributed by atoms with van der Waals surface area (Å²) >= 11 is 5.96. The van der Waals surface area contributed by atoms with Crippen LogP contribution in [-0.4, -0.2) is 4.57 Å². The summed E-state index contributed by atoms with van der Waals surface area (Å²) in [6.07, 6.45) is 3.10. The number of hydrogen-bond acceptors (Lipinski definition) is 1. The molecule has 96 valence electrons. The van der Waals surface area contributed by atoms with E-state index in [1.54, 1.807) is 12.1 Å². The smallest absolute Gasteiger partial charge is 0.147 e. The van der Waals surface area contributed by atoms with E-state index in [0.717, 1.165) is 18.7 Å². The predicted molar refractivity (Wildman–Crippen MR) is 73.5 cm³/mol. The van der Waals surface area contributed by atoms with E-state index in [2.05, 4.69) is 16.8 Å². The number of nitrogens with zero attached hydrogens (tertiary/aromatic N) is 1. The fraction of sp³-hybridized carbons (Fsp3) is 0.286. The second kappa shape index (κ2) is 5.91. The molecule has 0 aliphatic rings. The zero-order chi connectivity index (χ0) is 13.0. The van der Waals surface area contributed by atoms with Crippen molar-refractivity contribution >= 4 is 17.3 Å². The van der Waals surface area contributed by atoms with E-state index in [9.17, 15) is 4.39 Å². The van der Waals surface area contributed by atoms with E-state index in [1.807, 2.05) is 18.3 Å². The molecule has 0 aliphatic carbocycles. The maximum atomic E-state index is 13.6. The van der Waals surface area contributed by atoms with Crippen LogP contribution in [0, 0.1) is 5.82 Å². The topological polar surface area (TPSA) is 17.0 Å². The Morgan fingerprint density at radius 3 is 2.83 bits per heavy atom. The van der Waals surface area contributed by atoms with Gasteiger partial charge in [-0.1, -0.05) is 24.6 Å². The first kappa shape index (κ1) is 13.0. The van der Waals surface area contributed by atoms with Gasteiger partial charge in [-0.25, -0.2) is 4.39 Å². The van der Waals surface area contributed by atoms with Crippen molar-refractivity contribution in [3.63, 3.8) is 0 Å². The minimum absolute atomic E-state index is 0.323. The van der Waals surface area contributed by atoms with Crippen molar-refractivity contribution in [2.45, 2.75) is 26.4 Å². The number of anilines is 1. The lowest BCUT2D eigenvalue weighted by Crippen LogP contribution is -2.08. The van der Waals surface area contributed by atoms with Crippen LogP contribution in [0.25, 0.3) is 0 Å². The molecule has 0 fully saturated rings. The SMILES string of the molecule is CCCn1cccc1CNc1c(F)cccc1Cl. The predicted octanol–water partition coefficient (Wildman–Crippen LogP) is 4.30. The van der Waals surface area contributed by atoms with Crippen LogP contribution >= 0.6 is 11.6 Å². The summed E-state index contributed by atoms with van der Waals surface area (Å²) in [5.41, 5.74) is 1.49. The normalized spacial score (nSPS) is 10.6. The quantitative estimate of drug-likeness (QED) is 0.854. The molecule has 0 aliphatic heterocycles. The van der Waals surface area contributed by atoms with Crippen molar-refractivity contribution in [1.29, 1.82) is 0 Å². The lowest BCUT2D eigenvalue weighted by molar-refractivity contribution is 0.627. The third kappa shape index (κ3) is 2.85. The maximum Gasteiger partial charge on any atom is 0.147 e. The highest BCUT2D eigenvalue weighted by molar-refractivity contribution is 6.33. The average Bonchev–Trinajstić information content (AvgIpc) is 2.77. The van der Waals surface area contributed by atoms with E-state index in [1.165, 1.54) is 6.07 Å². The number of hydrogen-bond donors (Lipinski definition) is 1. The van der Waals surface area contributed by atoms with Crippen LogP contribution < -0.4 is 5.32 Å². The standard InChI is InChI=1S/C14H16ClFN2/c1-2-8-18-9-4-5-11(18)10-17-14-12(15)6-3-7-13(14)16/h3-7,9,17H,2,8,10H2,1H3. The second-order valence-corrected chi connectivity index (χ2v) is 4.55. The monoisotopic (exact) mass is 266 g/mol. The Labute approximate surface area is 111 Å². The van der Waals surface area contributed by atoms with Crippen molar-refractivity contribution in [2.75, 3.05) is 5.32 Å². The molecule has 0 spiro atoms. The Balaban J connectivity index is 2.09. The summed E-state index contributed by atoms with van der Waals surface area (Å²) in [5, 5.41) is 3.46.